The van der Waals surface area contributed by atoms with Crippen LogP contribution in [0.25, 0.3) is 0 Å². The summed E-state index contributed by atoms with van der Waals surface area (Å²) in [7, 11) is 1.61. The zero-order valence-electron chi connectivity index (χ0n) is 47.8. The summed E-state index contributed by atoms with van der Waals surface area (Å²) in [5.41, 5.74) is 0. The first-order chi connectivity index (χ1) is 35.5. The molecular weight excluding hydrogens is 924 g/mol. The van der Waals surface area contributed by atoms with Crippen LogP contribution in [0.3, 0.4) is 0 Å². The van der Waals surface area contributed by atoms with E-state index in [-0.39, 0.29) is 19.1 Å². The lowest BCUT2D eigenvalue weighted by Crippen LogP contribution is -2.46. The summed E-state index contributed by atoms with van der Waals surface area (Å²) in [6, 6.07) is -0.765. The third kappa shape index (κ3) is 56.7. The van der Waals surface area contributed by atoms with Crippen LogP contribution in [0.5, 0.6) is 0 Å². The first-order valence-corrected chi connectivity index (χ1v) is 31.2. The van der Waals surface area contributed by atoms with Gasteiger partial charge in [-0.15, -0.1) is 0 Å². The van der Waals surface area contributed by atoms with Gasteiger partial charge in [-0.1, -0.05) is 258 Å². The van der Waals surface area contributed by atoms with Crippen LogP contribution in [-0.2, 0) is 18.4 Å². The Morgan fingerprint density at radius 2 is 0.822 bits per heavy atom. The minimum absolute atomic E-state index is 0.0708. The van der Waals surface area contributed by atoms with E-state index >= 15 is 0 Å². The van der Waals surface area contributed by atoms with Gasteiger partial charge in [0.25, 0.3) is 0 Å². The largest absolute Gasteiger partial charge is 0.472 e. The molecule has 1 amide bonds. The van der Waals surface area contributed by atoms with Gasteiger partial charge in [0.05, 0.1) is 39.9 Å². The fraction of sp³-hybridized carbons (Fsp3) is 0.703. The number of quaternary nitrogens is 1. The molecule has 3 N–H and O–H groups in total. The van der Waals surface area contributed by atoms with Crippen LogP contribution in [0.1, 0.15) is 239 Å². The second kappa shape index (κ2) is 54.0. The Balaban J connectivity index is 3.95. The molecule has 0 aliphatic carbocycles. The maximum atomic E-state index is 12.9. The van der Waals surface area contributed by atoms with Gasteiger partial charge in [0.15, 0.2) is 0 Å². The maximum absolute atomic E-state index is 12.9. The summed E-state index contributed by atoms with van der Waals surface area (Å²) in [6.45, 7) is 4.75. The summed E-state index contributed by atoms with van der Waals surface area (Å²) in [5, 5.41) is 14.0. The van der Waals surface area contributed by atoms with Gasteiger partial charge in [0.1, 0.15) is 13.2 Å². The molecule has 0 rings (SSSR count). The molecular formula is C64H114N2O6P+. The lowest BCUT2D eigenvalue weighted by molar-refractivity contribution is -0.870. The number of phosphoric ester groups is 1. The molecule has 0 aromatic carbocycles. The van der Waals surface area contributed by atoms with E-state index in [0.717, 1.165) is 96.3 Å². The quantitative estimate of drug-likeness (QED) is 0.0243. The van der Waals surface area contributed by atoms with Crippen LogP contribution in [-0.4, -0.2) is 73.4 Å². The van der Waals surface area contributed by atoms with Crippen molar-refractivity contribution >= 4 is 13.7 Å². The number of likely N-dealkylation sites (N-methyl/N-ethyl adjacent to an activating group) is 1. The van der Waals surface area contributed by atoms with Crippen molar-refractivity contribution in [1.29, 1.82) is 0 Å². The predicted octanol–water partition coefficient (Wildman–Crippen LogP) is 18.4. The highest BCUT2D eigenvalue weighted by molar-refractivity contribution is 7.47. The highest BCUT2D eigenvalue weighted by Gasteiger charge is 2.28. The van der Waals surface area contributed by atoms with Crippen LogP contribution in [0.2, 0.25) is 0 Å². The van der Waals surface area contributed by atoms with Crippen molar-refractivity contribution in [2.45, 2.75) is 251 Å². The zero-order chi connectivity index (χ0) is 53.5. The lowest BCUT2D eigenvalue weighted by Gasteiger charge is -2.26. The topological polar surface area (TPSA) is 105 Å². The monoisotopic (exact) mass is 1040 g/mol. The molecule has 0 aromatic heterocycles. The van der Waals surface area contributed by atoms with Crippen LogP contribution in [0.15, 0.2) is 109 Å². The first-order valence-electron chi connectivity index (χ1n) is 29.8. The minimum atomic E-state index is -4.32. The maximum Gasteiger partial charge on any atom is 0.472 e. The van der Waals surface area contributed by atoms with Crippen LogP contribution >= 0.6 is 7.82 Å². The highest BCUT2D eigenvalue weighted by atomic mass is 31.2. The Hall–Kier alpha value is -2.84. The van der Waals surface area contributed by atoms with Crippen molar-refractivity contribution in [3.8, 4) is 0 Å². The van der Waals surface area contributed by atoms with Gasteiger partial charge in [-0.25, -0.2) is 4.57 Å². The number of unbranched alkanes of at least 4 members (excludes halogenated alkanes) is 22. The number of carbonyl (C=O) groups excluding carboxylic acids is 1. The number of hydrogen-bond acceptors (Lipinski definition) is 5. The van der Waals surface area contributed by atoms with Crippen molar-refractivity contribution < 1.29 is 32.9 Å². The zero-order valence-corrected chi connectivity index (χ0v) is 48.7. The fourth-order valence-electron chi connectivity index (χ4n) is 8.16. The number of nitrogens with zero attached hydrogens (tertiary/aromatic N) is 1. The van der Waals surface area contributed by atoms with E-state index in [0.29, 0.717) is 23.9 Å². The van der Waals surface area contributed by atoms with Gasteiger partial charge in [0, 0.05) is 6.42 Å². The van der Waals surface area contributed by atoms with Gasteiger partial charge in [-0.05, 0) is 83.5 Å². The number of hydrogen-bond donors (Lipinski definition) is 3. The van der Waals surface area contributed by atoms with Crippen molar-refractivity contribution in [2.75, 3.05) is 40.9 Å². The molecule has 0 heterocycles. The Bertz CT molecular complexity index is 1550. The lowest BCUT2D eigenvalue weighted by atomic mass is 10.0. The number of aliphatic hydroxyl groups excluding tert-OH is 1. The van der Waals surface area contributed by atoms with E-state index in [1.54, 1.807) is 0 Å². The van der Waals surface area contributed by atoms with E-state index in [9.17, 15) is 19.4 Å². The average molecular weight is 1040 g/mol. The summed E-state index contributed by atoms with van der Waals surface area (Å²) in [5.74, 6) is -0.151. The molecule has 0 bridgehead atoms. The smallest absolute Gasteiger partial charge is 0.391 e. The van der Waals surface area contributed by atoms with Gasteiger partial charge >= 0.3 is 7.82 Å². The Kier molecular flexibility index (Phi) is 51.9. The number of rotatable bonds is 53. The van der Waals surface area contributed by atoms with Gasteiger partial charge in [-0.2, -0.15) is 0 Å². The van der Waals surface area contributed by atoms with E-state index in [1.807, 2.05) is 21.1 Å². The highest BCUT2D eigenvalue weighted by Crippen LogP contribution is 2.43. The Morgan fingerprint density at radius 1 is 0.479 bits per heavy atom. The summed E-state index contributed by atoms with van der Waals surface area (Å²) in [4.78, 5) is 23.2. The van der Waals surface area contributed by atoms with Crippen molar-refractivity contribution in [1.82, 2.24) is 5.32 Å². The third-order valence-electron chi connectivity index (χ3n) is 12.8. The van der Waals surface area contributed by atoms with Gasteiger partial charge in [-0.3, -0.25) is 13.8 Å². The number of phosphoric acid groups is 1. The molecule has 0 radical (unpaired) electrons. The number of aliphatic hydroxyl groups is 1. The van der Waals surface area contributed by atoms with Crippen LogP contribution < -0.4 is 5.32 Å². The van der Waals surface area contributed by atoms with E-state index < -0.39 is 20.0 Å². The van der Waals surface area contributed by atoms with Crippen molar-refractivity contribution in [3.63, 3.8) is 0 Å². The Labute approximate surface area is 451 Å². The molecule has 8 nitrogen and oxygen atoms in total. The molecule has 420 valence electrons. The molecule has 9 heteroatoms. The average Bonchev–Trinajstić information content (AvgIpc) is 3.35. The Morgan fingerprint density at radius 3 is 1.21 bits per heavy atom. The van der Waals surface area contributed by atoms with Gasteiger partial charge in [0.2, 0.25) is 5.91 Å². The van der Waals surface area contributed by atoms with E-state index in [2.05, 4.69) is 129 Å². The number of allylic oxidation sites excluding steroid dienone is 18. The molecule has 0 fully saturated rings. The van der Waals surface area contributed by atoms with E-state index in [1.165, 1.54) is 116 Å². The molecule has 0 spiro atoms. The standard InChI is InChI=1S/C64H113N2O6P/c1-6-8-10-12-14-16-18-19-20-21-22-23-24-25-26-27-28-29-30-31-32-33-34-35-36-37-38-39-40-41-42-43-44-45-46-47-48-50-52-54-56-58-64(68)65-62(61-72-73(69,70)71-60-59-66(3,4)5)63(67)57-55-53-51-49-17-15-13-11-9-7-2/h8,10,14,16,19-20,22-23,25-26,28-29,31-32,34-35,37-38,62-63,67H,6-7,9,11-13,15,17-18,21,24,27,30,33,36,39-61H2,1-5H3,(H-,65,68,69,70)/p+1/b10-8-,16-14-,20-19-,23-22-,26-25-,29-28-,32-31-,35-34-,38-37-. The number of carbonyl (C=O) groups is 1. The molecule has 0 aliphatic heterocycles. The minimum Gasteiger partial charge on any atom is -0.391 e. The predicted molar refractivity (Wildman–Crippen MR) is 318 cm³/mol. The molecule has 73 heavy (non-hydrogen) atoms. The van der Waals surface area contributed by atoms with Crippen molar-refractivity contribution in [2.24, 2.45) is 0 Å². The summed E-state index contributed by atoms with van der Waals surface area (Å²) < 4.78 is 23.7. The fourth-order valence-corrected chi connectivity index (χ4v) is 8.89. The molecule has 0 saturated carbocycles. The van der Waals surface area contributed by atoms with Gasteiger partial charge < -0.3 is 19.8 Å². The third-order valence-corrected chi connectivity index (χ3v) is 13.8. The number of nitrogens with one attached hydrogen (secondary N) is 1. The second-order valence-corrected chi connectivity index (χ2v) is 22.4. The molecule has 3 unspecified atom stereocenters. The normalized spacial score (nSPS) is 14.7. The van der Waals surface area contributed by atoms with E-state index in [4.69, 9.17) is 9.05 Å². The summed E-state index contributed by atoms with van der Waals surface area (Å²) >= 11 is 0. The molecule has 0 aliphatic rings. The second-order valence-electron chi connectivity index (χ2n) is 21.0. The molecule has 3 atom stereocenters. The number of amides is 1. The van der Waals surface area contributed by atoms with Crippen LogP contribution in [0.4, 0.5) is 0 Å². The SMILES string of the molecule is CC/C=C\C/C=C\C/C=C\C/C=C\C/C=C\C/C=C\C/C=C\C/C=C\C/C=C\CCCCCCCCCCCCCCCC(=O)NC(COP(=O)(O)OCC[N+](C)(C)C)C(O)CCCCCCCCCCCC. The van der Waals surface area contributed by atoms with Crippen LogP contribution in [0, 0.1) is 0 Å². The summed E-state index contributed by atoms with van der Waals surface area (Å²) in [6.07, 6.45) is 78.8. The van der Waals surface area contributed by atoms with Crippen molar-refractivity contribution in [3.05, 3.63) is 109 Å². The molecule has 0 saturated heterocycles. The molecule has 0 aromatic rings. The first kappa shape index (κ1) is 70.2.